The molecule has 0 aliphatic rings. The first-order chi connectivity index (χ1) is 7.79. The number of nitriles is 1. The Morgan fingerprint density at radius 1 is 1.50 bits per heavy atom. The van der Waals surface area contributed by atoms with Gasteiger partial charge in [-0.25, -0.2) is 4.98 Å². The molecule has 1 heterocycles. The molecule has 0 saturated heterocycles. The van der Waals surface area contributed by atoms with Gasteiger partial charge in [0.2, 0.25) is 0 Å². The molecule has 0 fully saturated rings. The highest BCUT2D eigenvalue weighted by Crippen LogP contribution is 2.20. The minimum absolute atomic E-state index is 0.510. The number of nitrogens with one attached hydrogen (secondary N) is 1. The Morgan fingerprint density at radius 2 is 2.38 bits per heavy atom. The molecule has 5 heteroatoms. The van der Waals surface area contributed by atoms with Crippen molar-refractivity contribution in [2.45, 2.75) is 6.54 Å². The Hall–Kier alpha value is -1.80. The van der Waals surface area contributed by atoms with E-state index in [0.717, 1.165) is 15.9 Å². The van der Waals surface area contributed by atoms with Crippen LogP contribution in [0.5, 0.6) is 0 Å². The maximum atomic E-state index is 8.95. The second-order valence-electron chi connectivity index (χ2n) is 3.12. The van der Waals surface area contributed by atoms with Gasteiger partial charge in [0.15, 0.2) is 6.39 Å². The van der Waals surface area contributed by atoms with Crippen LogP contribution in [0.15, 0.2) is 39.7 Å². The molecule has 0 bridgehead atoms. The van der Waals surface area contributed by atoms with E-state index in [1.54, 1.807) is 12.3 Å². The SMILES string of the molecule is N#Cc1cc(Br)ccc1NCc1cnco1. The van der Waals surface area contributed by atoms with E-state index in [1.165, 1.54) is 6.39 Å². The van der Waals surface area contributed by atoms with Crippen molar-refractivity contribution in [3.8, 4) is 6.07 Å². The summed E-state index contributed by atoms with van der Waals surface area (Å²) in [7, 11) is 0. The van der Waals surface area contributed by atoms with Crippen LogP contribution in [0.1, 0.15) is 11.3 Å². The summed E-state index contributed by atoms with van der Waals surface area (Å²) < 4.78 is 5.97. The highest BCUT2D eigenvalue weighted by atomic mass is 79.9. The largest absolute Gasteiger partial charge is 0.447 e. The predicted octanol–water partition coefficient (Wildman–Crippen LogP) is 2.92. The molecule has 1 N–H and O–H groups in total. The van der Waals surface area contributed by atoms with E-state index in [-0.39, 0.29) is 0 Å². The highest BCUT2D eigenvalue weighted by molar-refractivity contribution is 9.10. The monoisotopic (exact) mass is 277 g/mol. The Morgan fingerprint density at radius 3 is 3.06 bits per heavy atom. The lowest BCUT2D eigenvalue weighted by Crippen LogP contribution is -2.00. The van der Waals surface area contributed by atoms with Crippen molar-refractivity contribution < 1.29 is 4.42 Å². The van der Waals surface area contributed by atoms with E-state index in [9.17, 15) is 0 Å². The van der Waals surface area contributed by atoms with Gasteiger partial charge in [-0.2, -0.15) is 5.26 Å². The number of oxazole rings is 1. The van der Waals surface area contributed by atoms with Crippen molar-refractivity contribution in [1.29, 1.82) is 5.26 Å². The van der Waals surface area contributed by atoms with E-state index in [1.807, 2.05) is 12.1 Å². The van der Waals surface area contributed by atoms with Crippen LogP contribution in [-0.4, -0.2) is 4.98 Å². The maximum absolute atomic E-state index is 8.95. The van der Waals surface area contributed by atoms with Crippen LogP contribution in [0, 0.1) is 11.3 Å². The third-order valence-electron chi connectivity index (χ3n) is 2.04. The van der Waals surface area contributed by atoms with Gasteiger partial charge in [0.05, 0.1) is 24.0 Å². The number of hydrogen-bond donors (Lipinski definition) is 1. The fourth-order valence-electron chi connectivity index (χ4n) is 1.27. The topological polar surface area (TPSA) is 61.9 Å². The summed E-state index contributed by atoms with van der Waals surface area (Å²) in [6.07, 6.45) is 3.02. The van der Waals surface area contributed by atoms with Crippen molar-refractivity contribution in [2.75, 3.05) is 5.32 Å². The van der Waals surface area contributed by atoms with E-state index in [4.69, 9.17) is 9.68 Å². The zero-order chi connectivity index (χ0) is 11.4. The number of halogens is 1. The molecule has 0 radical (unpaired) electrons. The Bertz CT molecular complexity index is 517. The van der Waals surface area contributed by atoms with E-state index < -0.39 is 0 Å². The van der Waals surface area contributed by atoms with Gasteiger partial charge in [-0.3, -0.25) is 0 Å². The normalized spacial score (nSPS) is 9.75. The average molecular weight is 278 g/mol. The van der Waals surface area contributed by atoms with Crippen LogP contribution in [0.3, 0.4) is 0 Å². The molecule has 0 saturated carbocycles. The molecule has 0 atom stereocenters. The van der Waals surface area contributed by atoms with E-state index in [2.05, 4.69) is 32.3 Å². The zero-order valence-corrected chi connectivity index (χ0v) is 9.86. The highest BCUT2D eigenvalue weighted by Gasteiger charge is 2.03. The number of anilines is 1. The lowest BCUT2D eigenvalue weighted by atomic mass is 10.2. The van der Waals surface area contributed by atoms with Crippen LogP contribution in [0.4, 0.5) is 5.69 Å². The molecule has 80 valence electrons. The summed E-state index contributed by atoms with van der Waals surface area (Å²) in [6, 6.07) is 7.62. The predicted molar refractivity (Wildman–Crippen MR) is 62.7 cm³/mol. The molecule has 0 spiro atoms. The number of benzene rings is 1. The molecule has 16 heavy (non-hydrogen) atoms. The average Bonchev–Trinajstić information content (AvgIpc) is 2.80. The first kappa shape index (κ1) is 10.7. The summed E-state index contributed by atoms with van der Waals surface area (Å²) in [5.41, 5.74) is 1.37. The Balaban J connectivity index is 2.13. The summed E-state index contributed by atoms with van der Waals surface area (Å²) in [5, 5.41) is 12.1. The second-order valence-corrected chi connectivity index (χ2v) is 4.04. The summed E-state index contributed by atoms with van der Waals surface area (Å²) in [6.45, 7) is 0.510. The molecule has 0 amide bonds. The van der Waals surface area contributed by atoms with Gasteiger partial charge in [0, 0.05) is 4.47 Å². The molecule has 0 aliphatic heterocycles. The van der Waals surface area contributed by atoms with Gasteiger partial charge >= 0.3 is 0 Å². The molecule has 0 aliphatic carbocycles. The van der Waals surface area contributed by atoms with Gasteiger partial charge in [-0.1, -0.05) is 15.9 Å². The second kappa shape index (κ2) is 4.81. The van der Waals surface area contributed by atoms with Crippen molar-refractivity contribution >= 4 is 21.6 Å². The van der Waals surface area contributed by atoms with Crippen molar-refractivity contribution in [2.24, 2.45) is 0 Å². The maximum Gasteiger partial charge on any atom is 0.180 e. The summed E-state index contributed by atoms with van der Waals surface area (Å²) in [4.78, 5) is 3.81. The number of rotatable bonds is 3. The lowest BCUT2D eigenvalue weighted by Gasteiger charge is -2.06. The number of nitrogens with zero attached hydrogens (tertiary/aromatic N) is 2. The fraction of sp³-hybridized carbons (Fsp3) is 0.0909. The molecular formula is C11H8BrN3O. The van der Waals surface area contributed by atoms with Crippen LogP contribution >= 0.6 is 15.9 Å². The number of hydrogen-bond acceptors (Lipinski definition) is 4. The van der Waals surface area contributed by atoms with E-state index >= 15 is 0 Å². The summed E-state index contributed by atoms with van der Waals surface area (Å²) in [5.74, 6) is 0.729. The zero-order valence-electron chi connectivity index (χ0n) is 8.27. The van der Waals surface area contributed by atoms with Gasteiger partial charge in [0.1, 0.15) is 11.8 Å². The quantitative estimate of drug-likeness (QED) is 0.937. The van der Waals surface area contributed by atoms with Gasteiger partial charge in [-0.15, -0.1) is 0 Å². The van der Waals surface area contributed by atoms with Crippen LogP contribution in [0.2, 0.25) is 0 Å². The number of aromatic nitrogens is 1. The van der Waals surface area contributed by atoms with Gasteiger partial charge < -0.3 is 9.73 Å². The molecule has 0 unspecified atom stereocenters. The standard InChI is InChI=1S/C11H8BrN3O/c12-9-1-2-11(8(3-9)4-13)15-6-10-5-14-7-16-10/h1-3,5,7,15H,6H2. The van der Waals surface area contributed by atoms with Gasteiger partial charge in [0.25, 0.3) is 0 Å². The molecular weight excluding hydrogens is 270 g/mol. The minimum Gasteiger partial charge on any atom is -0.447 e. The summed E-state index contributed by atoms with van der Waals surface area (Å²) >= 11 is 3.32. The Kier molecular flexibility index (Phi) is 3.22. The Labute approximate surface area is 101 Å². The molecule has 4 nitrogen and oxygen atoms in total. The van der Waals surface area contributed by atoms with Crippen molar-refractivity contribution in [1.82, 2.24) is 4.98 Å². The molecule has 1 aromatic carbocycles. The van der Waals surface area contributed by atoms with Gasteiger partial charge in [-0.05, 0) is 18.2 Å². The first-order valence-corrected chi connectivity index (χ1v) is 5.40. The lowest BCUT2D eigenvalue weighted by molar-refractivity contribution is 0.511. The molecule has 2 aromatic rings. The molecule has 1 aromatic heterocycles. The first-order valence-electron chi connectivity index (χ1n) is 4.60. The minimum atomic E-state index is 0.510. The smallest absolute Gasteiger partial charge is 0.180 e. The van der Waals surface area contributed by atoms with Crippen LogP contribution < -0.4 is 5.32 Å². The third-order valence-corrected chi connectivity index (χ3v) is 2.53. The fourth-order valence-corrected chi connectivity index (χ4v) is 1.64. The van der Waals surface area contributed by atoms with Crippen LogP contribution in [-0.2, 0) is 6.54 Å². The third kappa shape index (κ3) is 2.41. The molecule has 2 rings (SSSR count). The van der Waals surface area contributed by atoms with Crippen molar-refractivity contribution in [3.63, 3.8) is 0 Å². The van der Waals surface area contributed by atoms with E-state index in [0.29, 0.717) is 12.1 Å². The van der Waals surface area contributed by atoms with Crippen molar-refractivity contribution in [3.05, 3.63) is 46.6 Å². The van der Waals surface area contributed by atoms with Crippen LogP contribution in [0.25, 0.3) is 0 Å².